The van der Waals surface area contributed by atoms with Crippen LogP contribution in [-0.2, 0) is 0 Å². The van der Waals surface area contributed by atoms with E-state index in [9.17, 15) is 0 Å². The molecule has 0 unspecified atom stereocenters. The van der Waals surface area contributed by atoms with E-state index >= 15 is 0 Å². The van der Waals surface area contributed by atoms with Gasteiger partial charge in [0, 0.05) is 10.1 Å². The van der Waals surface area contributed by atoms with Gasteiger partial charge < -0.3 is 0 Å². The van der Waals surface area contributed by atoms with Crippen LogP contribution in [0, 0.1) is 0 Å². The largest absolute Gasteiger partial charge is 0.243 e. The Kier molecular flexibility index (Phi) is 6.39. The zero-order valence-electron chi connectivity index (χ0n) is 26.5. The van der Waals surface area contributed by atoms with Crippen LogP contribution in [0.15, 0.2) is 170 Å². The fourth-order valence-corrected chi connectivity index (χ4v) is 8.05. The summed E-state index contributed by atoms with van der Waals surface area (Å²) in [4.78, 5) is 11.3. The lowest BCUT2D eigenvalue weighted by atomic mass is 9.97. The van der Waals surface area contributed by atoms with E-state index in [1.165, 1.54) is 65.2 Å². The van der Waals surface area contributed by atoms with Crippen molar-refractivity contribution in [1.82, 2.24) is 9.97 Å². The lowest BCUT2D eigenvalue weighted by Crippen LogP contribution is -1.87. The second-order valence-corrected chi connectivity index (χ2v) is 13.7. The number of hydrogen-bond donors (Lipinski definition) is 0. The Labute approximate surface area is 287 Å². The van der Waals surface area contributed by atoms with Gasteiger partial charge in [-0.1, -0.05) is 121 Å². The van der Waals surface area contributed by atoms with Gasteiger partial charge in [-0.15, -0.1) is 11.3 Å². The minimum absolute atomic E-state index is 0.907. The molecule has 0 bridgehead atoms. The number of rotatable bonds is 4. The second-order valence-electron chi connectivity index (χ2n) is 12.7. The van der Waals surface area contributed by atoms with Crippen molar-refractivity contribution in [1.29, 1.82) is 0 Å². The monoisotopic (exact) mass is 640 g/mol. The van der Waals surface area contributed by atoms with Crippen molar-refractivity contribution in [3.8, 4) is 44.5 Å². The van der Waals surface area contributed by atoms with Crippen molar-refractivity contribution >= 4 is 64.3 Å². The Balaban J connectivity index is 1.03. The highest BCUT2D eigenvalue weighted by atomic mass is 32.1. The second kappa shape index (κ2) is 11.2. The van der Waals surface area contributed by atoms with Crippen molar-refractivity contribution < 1.29 is 0 Å². The first-order chi connectivity index (χ1) is 24.2. The van der Waals surface area contributed by atoms with E-state index in [0.29, 0.717) is 0 Å². The number of benzene rings is 8. The van der Waals surface area contributed by atoms with Gasteiger partial charge >= 0.3 is 0 Å². The third-order valence-corrected chi connectivity index (χ3v) is 10.7. The third-order valence-electron chi connectivity index (χ3n) is 9.63. The van der Waals surface area contributed by atoms with E-state index in [1.807, 2.05) is 0 Å². The average Bonchev–Trinajstić information content (AvgIpc) is 3.53. The number of nitrogens with zero attached hydrogens (tertiary/aromatic N) is 2. The van der Waals surface area contributed by atoms with Crippen LogP contribution in [0.3, 0.4) is 0 Å². The molecule has 0 N–H and O–H groups in total. The highest BCUT2D eigenvalue weighted by Gasteiger charge is 2.13. The van der Waals surface area contributed by atoms with E-state index < -0.39 is 0 Å². The third kappa shape index (κ3) is 4.95. The molecule has 228 valence electrons. The van der Waals surface area contributed by atoms with Gasteiger partial charge in [0.2, 0.25) is 0 Å². The molecular formula is C46H28N2S. The van der Waals surface area contributed by atoms with Crippen LogP contribution in [0.1, 0.15) is 0 Å². The molecule has 0 amide bonds. The number of aromatic nitrogens is 2. The van der Waals surface area contributed by atoms with Gasteiger partial charge in [-0.2, -0.15) is 0 Å². The summed E-state index contributed by atoms with van der Waals surface area (Å²) in [5, 5.41) is 6.16. The lowest BCUT2D eigenvalue weighted by Gasteiger charge is -2.09. The van der Waals surface area contributed by atoms with Crippen LogP contribution >= 0.6 is 11.3 Å². The summed E-state index contributed by atoms with van der Waals surface area (Å²) >= 11 is 1.71. The maximum Gasteiger partial charge on any atom is 0.143 e. The molecule has 0 radical (unpaired) electrons. The number of thiophene rings is 1. The molecule has 0 aliphatic carbocycles. The first-order valence-corrected chi connectivity index (χ1v) is 17.4. The van der Waals surface area contributed by atoms with Gasteiger partial charge in [0.05, 0.1) is 11.0 Å². The molecule has 0 aliphatic heterocycles. The summed E-state index contributed by atoms with van der Waals surface area (Å²) < 4.78 is 1.20. The molecule has 0 aliphatic rings. The quantitative estimate of drug-likeness (QED) is 0.191. The van der Waals surface area contributed by atoms with Crippen LogP contribution < -0.4 is 0 Å². The molecule has 2 aromatic heterocycles. The maximum absolute atomic E-state index is 5.24. The van der Waals surface area contributed by atoms with E-state index in [2.05, 4.69) is 170 Å². The summed E-state index contributed by atoms with van der Waals surface area (Å²) in [6, 6.07) is 61.2. The number of hydrogen-bond acceptors (Lipinski definition) is 3. The van der Waals surface area contributed by atoms with Gasteiger partial charge in [-0.25, -0.2) is 9.97 Å². The molecule has 2 nitrogen and oxygen atoms in total. The zero-order valence-corrected chi connectivity index (χ0v) is 27.3. The van der Waals surface area contributed by atoms with Crippen molar-refractivity contribution in [3.05, 3.63) is 170 Å². The van der Waals surface area contributed by atoms with Gasteiger partial charge in [-0.05, 0) is 115 Å². The molecule has 3 heteroatoms. The molecule has 2 heterocycles. The SMILES string of the molecule is c1cc(-c2ccc3ccccc3c2)cc(-c2ccc3nc4sc5ccc(-c6cccc(-c7ccc8ccccc8c7)c6)cc5c4nc3c2)c1. The summed E-state index contributed by atoms with van der Waals surface area (Å²) in [6.07, 6.45) is 0. The van der Waals surface area contributed by atoms with Gasteiger partial charge in [0.25, 0.3) is 0 Å². The normalized spacial score (nSPS) is 11.7. The van der Waals surface area contributed by atoms with Gasteiger partial charge in [0.1, 0.15) is 10.3 Å². The van der Waals surface area contributed by atoms with Crippen molar-refractivity contribution in [2.75, 3.05) is 0 Å². The smallest absolute Gasteiger partial charge is 0.143 e. The predicted octanol–water partition coefficient (Wildman–Crippen LogP) is 13.0. The first kappa shape index (κ1) is 27.9. The van der Waals surface area contributed by atoms with E-state index in [-0.39, 0.29) is 0 Å². The molecule has 10 rings (SSSR count). The summed E-state index contributed by atoms with van der Waals surface area (Å²) in [6.45, 7) is 0. The predicted molar refractivity (Wildman–Crippen MR) is 209 cm³/mol. The topological polar surface area (TPSA) is 25.8 Å². The van der Waals surface area contributed by atoms with Crippen LogP contribution in [0.5, 0.6) is 0 Å². The molecule has 49 heavy (non-hydrogen) atoms. The van der Waals surface area contributed by atoms with E-state index in [1.54, 1.807) is 11.3 Å². The Morgan fingerprint density at radius 1 is 0.327 bits per heavy atom. The molecule has 10 aromatic rings. The van der Waals surface area contributed by atoms with E-state index in [0.717, 1.165) is 32.3 Å². The molecule has 0 atom stereocenters. The van der Waals surface area contributed by atoms with Crippen molar-refractivity contribution in [2.24, 2.45) is 0 Å². The fourth-order valence-electron chi connectivity index (χ4n) is 7.05. The minimum atomic E-state index is 0.907. The fraction of sp³-hybridized carbons (Fsp3) is 0. The standard InChI is InChI=1S/C46H28N2S/c1-3-9-31-23-37(17-15-29(31)7-1)33-11-5-13-35(25-33)39-20-22-44-41(27-39)45-46(49-44)48-42-21-19-40(28-43(42)47-45)36-14-6-12-34(26-36)38-18-16-30-8-2-4-10-32(30)24-38/h1-28H. The first-order valence-electron chi connectivity index (χ1n) is 16.6. The Morgan fingerprint density at radius 3 is 1.43 bits per heavy atom. The molecule has 0 saturated carbocycles. The van der Waals surface area contributed by atoms with Crippen molar-refractivity contribution in [3.63, 3.8) is 0 Å². The van der Waals surface area contributed by atoms with Gasteiger partial charge in [-0.3, -0.25) is 0 Å². The molecular weight excluding hydrogens is 613 g/mol. The lowest BCUT2D eigenvalue weighted by molar-refractivity contribution is 1.43. The molecule has 0 fully saturated rings. The molecule has 0 spiro atoms. The molecule has 8 aromatic carbocycles. The van der Waals surface area contributed by atoms with Crippen LogP contribution in [0.4, 0.5) is 0 Å². The highest BCUT2D eigenvalue weighted by Crippen LogP contribution is 2.37. The van der Waals surface area contributed by atoms with E-state index in [4.69, 9.17) is 9.97 Å². The Hall–Kier alpha value is -6.16. The molecule has 0 saturated heterocycles. The van der Waals surface area contributed by atoms with Gasteiger partial charge in [0.15, 0.2) is 0 Å². The minimum Gasteiger partial charge on any atom is -0.243 e. The van der Waals surface area contributed by atoms with Crippen LogP contribution in [0.25, 0.3) is 97.5 Å². The summed E-state index contributed by atoms with van der Waals surface area (Å²) in [5.74, 6) is 0. The van der Waals surface area contributed by atoms with Crippen molar-refractivity contribution in [2.45, 2.75) is 0 Å². The Bertz CT molecular complexity index is 2890. The number of fused-ring (bicyclic) bond motifs is 6. The highest BCUT2D eigenvalue weighted by molar-refractivity contribution is 7.25. The zero-order chi connectivity index (χ0) is 32.3. The maximum atomic E-state index is 5.24. The Morgan fingerprint density at radius 2 is 0.816 bits per heavy atom. The van der Waals surface area contributed by atoms with Crippen LogP contribution in [0.2, 0.25) is 0 Å². The summed E-state index contributed by atoms with van der Waals surface area (Å²) in [5.41, 5.74) is 12.3. The summed E-state index contributed by atoms with van der Waals surface area (Å²) in [7, 11) is 0. The average molecular weight is 641 g/mol. The van der Waals surface area contributed by atoms with Crippen LogP contribution in [-0.4, -0.2) is 9.97 Å².